The number of pyridine rings is 2. The first-order valence-electron chi connectivity index (χ1n) is 13.5. The van der Waals surface area contributed by atoms with Crippen molar-refractivity contribution in [2.75, 3.05) is 19.7 Å². The van der Waals surface area contributed by atoms with E-state index in [1.165, 1.54) is 6.07 Å². The van der Waals surface area contributed by atoms with Gasteiger partial charge in [0.15, 0.2) is 0 Å². The first kappa shape index (κ1) is 25.4. The second kappa shape index (κ2) is 11.1. The number of benzene rings is 1. The minimum atomic E-state index is -0.256. The summed E-state index contributed by atoms with van der Waals surface area (Å²) in [6, 6.07) is 14.9. The van der Waals surface area contributed by atoms with Gasteiger partial charge in [0.05, 0.1) is 36.4 Å². The van der Waals surface area contributed by atoms with E-state index in [4.69, 9.17) is 19.4 Å². The summed E-state index contributed by atoms with van der Waals surface area (Å²) in [5.41, 5.74) is 4.55. The van der Waals surface area contributed by atoms with E-state index < -0.39 is 0 Å². The maximum atomic E-state index is 14.2. The highest BCUT2D eigenvalue weighted by Crippen LogP contribution is 2.30. The highest BCUT2D eigenvalue weighted by atomic mass is 19.1. The second-order valence-corrected chi connectivity index (χ2v) is 10.4. The van der Waals surface area contributed by atoms with Crippen LogP contribution in [0.1, 0.15) is 53.5 Å². The molecule has 1 unspecified atom stereocenters. The first-order chi connectivity index (χ1) is 19.1. The Kier molecular flexibility index (Phi) is 7.22. The molecular weight excluding hydrogens is 495 g/mol. The normalized spacial score (nSPS) is 18.1. The number of nitrogens with zero attached hydrogens (tertiary/aromatic N) is 6. The van der Waals surface area contributed by atoms with Gasteiger partial charge in [-0.2, -0.15) is 5.26 Å². The number of aromatic nitrogens is 4. The van der Waals surface area contributed by atoms with Gasteiger partial charge >= 0.3 is 0 Å². The Balaban J connectivity index is 1.10. The lowest BCUT2D eigenvalue weighted by Gasteiger charge is -2.32. The Labute approximate surface area is 227 Å². The van der Waals surface area contributed by atoms with E-state index in [0.29, 0.717) is 23.1 Å². The summed E-state index contributed by atoms with van der Waals surface area (Å²) in [7, 11) is 0. The zero-order valence-corrected chi connectivity index (χ0v) is 22.0. The minimum absolute atomic E-state index is 0.152. The molecular formula is C30H31FN6O2. The van der Waals surface area contributed by atoms with Crippen molar-refractivity contribution in [1.82, 2.24) is 24.4 Å². The van der Waals surface area contributed by atoms with Gasteiger partial charge in [-0.05, 0) is 57.0 Å². The van der Waals surface area contributed by atoms with E-state index in [2.05, 4.69) is 26.6 Å². The number of imidazole rings is 1. The van der Waals surface area contributed by atoms with E-state index in [9.17, 15) is 9.65 Å². The van der Waals surface area contributed by atoms with Crippen LogP contribution in [0.4, 0.5) is 4.39 Å². The molecule has 2 saturated heterocycles. The van der Waals surface area contributed by atoms with Gasteiger partial charge in [0.25, 0.3) is 0 Å². The number of aryl methyl sites for hydroxylation is 1. The van der Waals surface area contributed by atoms with Crippen LogP contribution in [-0.2, 0) is 24.4 Å². The van der Waals surface area contributed by atoms with Crippen molar-refractivity contribution in [3.05, 3.63) is 82.8 Å². The molecule has 0 N–H and O–H groups in total. The predicted molar refractivity (Wildman–Crippen MR) is 144 cm³/mol. The van der Waals surface area contributed by atoms with Gasteiger partial charge in [0.2, 0.25) is 5.88 Å². The predicted octanol–water partition coefficient (Wildman–Crippen LogP) is 4.89. The molecule has 0 bridgehead atoms. The molecule has 39 heavy (non-hydrogen) atoms. The topological polar surface area (TPSA) is 89.1 Å². The van der Waals surface area contributed by atoms with Crippen LogP contribution in [0.25, 0.3) is 11.0 Å². The average Bonchev–Trinajstić information content (AvgIpc) is 3.26. The third kappa shape index (κ3) is 5.63. The van der Waals surface area contributed by atoms with Crippen LogP contribution in [0.5, 0.6) is 5.88 Å². The molecule has 1 aromatic carbocycles. The van der Waals surface area contributed by atoms with Gasteiger partial charge in [0.1, 0.15) is 30.0 Å². The fraction of sp³-hybridized carbons (Fsp3) is 0.400. The number of piperidine rings is 1. The van der Waals surface area contributed by atoms with Gasteiger partial charge in [-0.3, -0.25) is 4.90 Å². The monoisotopic (exact) mass is 526 g/mol. The van der Waals surface area contributed by atoms with Crippen molar-refractivity contribution in [3.8, 4) is 11.9 Å². The van der Waals surface area contributed by atoms with Crippen molar-refractivity contribution in [1.29, 1.82) is 5.26 Å². The number of ether oxygens (including phenoxy) is 2. The molecule has 200 valence electrons. The molecule has 0 amide bonds. The lowest BCUT2D eigenvalue weighted by molar-refractivity contribution is -0.0592. The third-order valence-corrected chi connectivity index (χ3v) is 7.71. The van der Waals surface area contributed by atoms with Gasteiger partial charge < -0.3 is 14.0 Å². The highest BCUT2D eigenvalue weighted by molar-refractivity contribution is 5.76. The third-order valence-electron chi connectivity index (χ3n) is 7.71. The molecule has 2 aliphatic rings. The molecule has 1 atom stereocenters. The van der Waals surface area contributed by atoms with Crippen molar-refractivity contribution in [2.24, 2.45) is 0 Å². The molecule has 5 heterocycles. The molecule has 8 nitrogen and oxygen atoms in total. The summed E-state index contributed by atoms with van der Waals surface area (Å²) in [5, 5.41) is 9.26. The van der Waals surface area contributed by atoms with Gasteiger partial charge in [0, 0.05) is 35.9 Å². The molecule has 0 saturated carbocycles. The molecule has 2 aliphatic heterocycles. The quantitative estimate of drug-likeness (QED) is 0.323. The first-order valence-corrected chi connectivity index (χ1v) is 13.5. The number of likely N-dealkylation sites (tertiary alicyclic amines) is 1. The summed E-state index contributed by atoms with van der Waals surface area (Å²) in [6.07, 6.45) is 4.96. The van der Waals surface area contributed by atoms with Crippen LogP contribution < -0.4 is 4.74 Å². The Morgan fingerprint density at radius 3 is 2.72 bits per heavy atom. The van der Waals surface area contributed by atoms with Crippen molar-refractivity contribution < 1.29 is 13.9 Å². The Bertz CT molecular complexity index is 1520. The van der Waals surface area contributed by atoms with Crippen LogP contribution in [0, 0.1) is 24.1 Å². The highest BCUT2D eigenvalue weighted by Gasteiger charge is 2.26. The molecule has 0 spiro atoms. The van der Waals surface area contributed by atoms with Crippen molar-refractivity contribution in [2.45, 2.75) is 57.9 Å². The van der Waals surface area contributed by atoms with Crippen molar-refractivity contribution in [3.63, 3.8) is 0 Å². The maximum Gasteiger partial charge on any atom is 0.213 e. The average molecular weight is 527 g/mol. The van der Waals surface area contributed by atoms with E-state index in [1.54, 1.807) is 18.3 Å². The number of hydrogen-bond acceptors (Lipinski definition) is 7. The van der Waals surface area contributed by atoms with Crippen LogP contribution in [-0.4, -0.2) is 50.2 Å². The summed E-state index contributed by atoms with van der Waals surface area (Å²) >= 11 is 0. The number of fused-ring (bicyclic) bond motifs is 1. The fourth-order valence-corrected chi connectivity index (χ4v) is 5.34. The number of rotatable bonds is 8. The lowest BCUT2D eigenvalue weighted by Crippen LogP contribution is -2.35. The number of hydrogen-bond donors (Lipinski definition) is 0. The molecule has 4 aromatic rings. The molecule has 6 rings (SSSR count). The zero-order valence-electron chi connectivity index (χ0n) is 22.0. The van der Waals surface area contributed by atoms with Crippen LogP contribution in [0.15, 0.2) is 48.7 Å². The van der Waals surface area contributed by atoms with Crippen LogP contribution in [0.3, 0.4) is 0 Å². The van der Waals surface area contributed by atoms with Crippen LogP contribution >= 0.6 is 0 Å². The van der Waals surface area contributed by atoms with Gasteiger partial charge in [-0.25, -0.2) is 19.3 Å². The number of halogens is 1. The lowest BCUT2D eigenvalue weighted by atomic mass is 9.93. The molecule has 9 heteroatoms. The van der Waals surface area contributed by atoms with E-state index in [1.807, 2.05) is 25.1 Å². The Morgan fingerprint density at radius 2 is 1.97 bits per heavy atom. The van der Waals surface area contributed by atoms with Gasteiger partial charge in [-0.1, -0.05) is 18.2 Å². The second-order valence-electron chi connectivity index (χ2n) is 10.4. The zero-order chi connectivity index (χ0) is 26.8. The number of nitriles is 1. The summed E-state index contributed by atoms with van der Waals surface area (Å²) in [4.78, 5) is 16.3. The fourth-order valence-electron chi connectivity index (χ4n) is 5.34. The SMILES string of the molecule is Cc1ccc(COc2cccc(C3CCN(Cc4nc5cc(C#N)ncc5n4CC4CCO4)CC3)n2)c(F)c1. The van der Waals surface area contributed by atoms with E-state index in [0.717, 1.165) is 80.2 Å². The Morgan fingerprint density at radius 1 is 1.13 bits per heavy atom. The van der Waals surface area contributed by atoms with E-state index >= 15 is 0 Å². The Hall–Kier alpha value is -3.87. The van der Waals surface area contributed by atoms with Crippen molar-refractivity contribution >= 4 is 11.0 Å². The molecule has 0 aliphatic carbocycles. The van der Waals surface area contributed by atoms with Crippen LogP contribution in [0.2, 0.25) is 0 Å². The minimum Gasteiger partial charge on any atom is -0.473 e. The largest absolute Gasteiger partial charge is 0.473 e. The standard InChI is InChI=1S/C30H31FN6O2/c1-20-5-6-22(25(31)13-20)19-39-30-4-2-3-26(35-30)21-7-10-36(11-8-21)18-29-34-27-14-23(15-32)33-16-28(27)37(29)17-24-9-12-38-24/h2-6,13-14,16,21,24H,7-12,17-19H2,1H3. The summed E-state index contributed by atoms with van der Waals surface area (Å²) in [5.74, 6) is 1.58. The van der Waals surface area contributed by atoms with E-state index in [-0.39, 0.29) is 18.5 Å². The molecule has 2 fully saturated rings. The van der Waals surface area contributed by atoms with Gasteiger partial charge in [-0.15, -0.1) is 0 Å². The smallest absolute Gasteiger partial charge is 0.213 e. The summed E-state index contributed by atoms with van der Waals surface area (Å²) in [6.45, 7) is 6.16. The molecule has 0 radical (unpaired) electrons. The summed E-state index contributed by atoms with van der Waals surface area (Å²) < 4.78 is 27.9. The molecule has 3 aromatic heterocycles. The maximum absolute atomic E-state index is 14.2.